The molecule has 0 atom stereocenters. The third kappa shape index (κ3) is 6.75. The molecule has 1 rings (SSSR count). The highest BCUT2D eigenvalue weighted by Gasteiger charge is 2.22. The topological polar surface area (TPSA) is 61.4 Å². The van der Waals surface area contributed by atoms with E-state index < -0.39 is 0 Å². The average molecular weight is 282 g/mol. The number of carbonyl (C=O) groups is 2. The number of amides is 2. The summed E-state index contributed by atoms with van der Waals surface area (Å²) in [6.45, 7) is 5.35. The van der Waals surface area contributed by atoms with E-state index in [4.69, 9.17) is 0 Å². The van der Waals surface area contributed by atoms with Crippen LogP contribution in [0.4, 0.5) is 4.79 Å². The van der Waals surface area contributed by atoms with Gasteiger partial charge in [0.25, 0.3) is 5.24 Å². The van der Waals surface area contributed by atoms with Gasteiger partial charge in [-0.1, -0.05) is 18.7 Å². The molecular formula is C10H20ClN3O2S. The quantitative estimate of drug-likeness (QED) is 0.674. The van der Waals surface area contributed by atoms with Gasteiger partial charge in [0.05, 0.1) is 0 Å². The molecule has 0 radical (unpaired) electrons. The Bertz CT molecular complexity index is 254. The van der Waals surface area contributed by atoms with Crippen LogP contribution in [0, 0.1) is 0 Å². The maximum atomic E-state index is 11.4. The molecule has 0 aliphatic carbocycles. The average Bonchev–Trinajstić information content (AvgIpc) is 2.64. The zero-order chi connectivity index (χ0) is 11.8. The Morgan fingerprint density at radius 3 is 2.76 bits per heavy atom. The molecule has 2 amide bonds. The number of hydrogen-bond donors (Lipinski definition) is 2. The molecule has 17 heavy (non-hydrogen) atoms. The van der Waals surface area contributed by atoms with Crippen LogP contribution in [0.1, 0.15) is 13.3 Å². The van der Waals surface area contributed by atoms with Crippen LogP contribution in [0.15, 0.2) is 0 Å². The van der Waals surface area contributed by atoms with Crippen molar-refractivity contribution in [1.82, 2.24) is 15.5 Å². The van der Waals surface area contributed by atoms with Gasteiger partial charge in [0.2, 0.25) is 5.91 Å². The highest BCUT2D eigenvalue weighted by Crippen LogP contribution is 2.16. The van der Waals surface area contributed by atoms with Crippen LogP contribution >= 0.6 is 24.2 Å². The fraction of sp³-hybridized carbons (Fsp3) is 0.800. The molecule has 7 heteroatoms. The Morgan fingerprint density at radius 1 is 1.41 bits per heavy atom. The summed E-state index contributed by atoms with van der Waals surface area (Å²) in [6.07, 6.45) is 1.09. The first kappa shape index (κ1) is 16.5. The first-order valence-electron chi connectivity index (χ1n) is 5.63. The van der Waals surface area contributed by atoms with E-state index in [9.17, 15) is 9.59 Å². The second-order valence-electron chi connectivity index (χ2n) is 3.64. The predicted octanol–water partition coefficient (Wildman–Crippen LogP) is 0.693. The van der Waals surface area contributed by atoms with Crippen molar-refractivity contribution in [2.24, 2.45) is 0 Å². The Labute approximate surface area is 112 Å². The Kier molecular flexibility index (Phi) is 9.30. The highest BCUT2D eigenvalue weighted by atomic mass is 35.5. The molecule has 0 aromatic heterocycles. The maximum Gasteiger partial charge on any atom is 0.282 e. The molecule has 0 spiro atoms. The van der Waals surface area contributed by atoms with E-state index in [1.807, 2.05) is 0 Å². The number of hydrogen-bond acceptors (Lipinski definition) is 4. The van der Waals surface area contributed by atoms with Gasteiger partial charge in [0.1, 0.15) is 6.54 Å². The first-order chi connectivity index (χ1) is 7.74. The van der Waals surface area contributed by atoms with Gasteiger partial charge < -0.3 is 15.5 Å². The third-order valence-electron chi connectivity index (χ3n) is 2.23. The highest BCUT2D eigenvalue weighted by molar-refractivity contribution is 8.13. The summed E-state index contributed by atoms with van der Waals surface area (Å²) in [6, 6.07) is 0. The second-order valence-corrected chi connectivity index (χ2v) is 4.68. The molecule has 5 nitrogen and oxygen atoms in total. The number of halogens is 1. The second kappa shape index (κ2) is 9.56. The van der Waals surface area contributed by atoms with Crippen molar-refractivity contribution >= 4 is 35.3 Å². The van der Waals surface area contributed by atoms with Crippen molar-refractivity contribution in [3.8, 4) is 0 Å². The van der Waals surface area contributed by atoms with Crippen LogP contribution in [0.2, 0.25) is 0 Å². The van der Waals surface area contributed by atoms with Gasteiger partial charge in [-0.3, -0.25) is 9.59 Å². The molecule has 1 heterocycles. The van der Waals surface area contributed by atoms with E-state index >= 15 is 0 Å². The smallest absolute Gasteiger partial charge is 0.282 e. The molecule has 1 aliphatic rings. The SMILES string of the molecule is CCCNCCNC(=O)CN1CCSC1=O.Cl. The number of nitrogens with one attached hydrogen (secondary N) is 2. The lowest BCUT2D eigenvalue weighted by molar-refractivity contribution is -0.121. The molecule has 0 aromatic carbocycles. The van der Waals surface area contributed by atoms with Gasteiger partial charge in [-0.15, -0.1) is 12.4 Å². The lowest BCUT2D eigenvalue weighted by Gasteiger charge is -2.14. The van der Waals surface area contributed by atoms with Gasteiger partial charge in [0, 0.05) is 25.4 Å². The van der Waals surface area contributed by atoms with Crippen molar-refractivity contribution in [2.45, 2.75) is 13.3 Å². The van der Waals surface area contributed by atoms with E-state index in [-0.39, 0.29) is 30.1 Å². The van der Waals surface area contributed by atoms with Crippen molar-refractivity contribution in [1.29, 1.82) is 0 Å². The van der Waals surface area contributed by atoms with E-state index in [2.05, 4.69) is 17.6 Å². The molecule has 2 N–H and O–H groups in total. The van der Waals surface area contributed by atoms with Crippen LogP contribution in [0.5, 0.6) is 0 Å². The number of rotatable bonds is 7. The van der Waals surface area contributed by atoms with Crippen molar-refractivity contribution < 1.29 is 9.59 Å². The minimum absolute atomic E-state index is 0. The van der Waals surface area contributed by atoms with Gasteiger partial charge >= 0.3 is 0 Å². The molecule has 1 aliphatic heterocycles. The van der Waals surface area contributed by atoms with E-state index in [0.29, 0.717) is 13.1 Å². The Morgan fingerprint density at radius 2 is 2.18 bits per heavy atom. The summed E-state index contributed by atoms with van der Waals surface area (Å²) in [5.74, 6) is 0.721. The fourth-order valence-electron chi connectivity index (χ4n) is 1.39. The Balaban J connectivity index is 0.00000256. The summed E-state index contributed by atoms with van der Waals surface area (Å²) in [7, 11) is 0. The summed E-state index contributed by atoms with van der Waals surface area (Å²) < 4.78 is 0. The van der Waals surface area contributed by atoms with E-state index in [1.165, 1.54) is 11.8 Å². The lowest BCUT2D eigenvalue weighted by Crippen LogP contribution is -2.39. The van der Waals surface area contributed by atoms with Crippen LogP contribution in [0.3, 0.4) is 0 Å². The van der Waals surface area contributed by atoms with Crippen LogP contribution < -0.4 is 10.6 Å². The van der Waals surface area contributed by atoms with Crippen molar-refractivity contribution in [3.05, 3.63) is 0 Å². The number of nitrogens with zero attached hydrogens (tertiary/aromatic N) is 1. The molecule has 0 unspecified atom stereocenters. The van der Waals surface area contributed by atoms with E-state index in [0.717, 1.165) is 25.3 Å². The molecule has 100 valence electrons. The van der Waals surface area contributed by atoms with Gasteiger partial charge in [-0.25, -0.2) is 0 Å². The first-order valence-corrected chi connectivity index (χ1v) is 6.61. The largest absolute Gasteiger partial charge is 0.353 e. The summed E-state index contributed by atoms with van der Waals surface area (Å²) in [5.41, 5.74) is 0. The van der Waals surface area contributed by atoms with E-state index in [1.54, 1.807) is 4.90 Å². The van der Waals surface area contributed by atoms with Gasteiger partial charge in [0.15, 0.2) is 0 Å². The minimum Gasteiger partial charge on any atom is -0.353 e. The Hall–Kier alpha value is -0.460. The number of thioether (sulfide) groups is 1. The zero-order valence-electron chi connectivity index (χ0n) is 10.0. The predicted molar refractivity (Wildman–Crippen MR) is 72.8 cm³/mol. The van der Waals surface area contributed by atoms with Crippen LogP contribution in [-0.4, -0.2) is 54.5 Å². The summed E-state index contributed by atoms with van der Waals surface area (Å²) in [4.78, 5) is 24.2. The molecule has 1 saturated heterocycles. The molecule has 0 aromatic rings. The third-order valence-corrected chi connectivity index (χ3v) is 3.12. The van der Waals surface area contributed by atoms with Gasteiger partial charge in [-0.2, -0.15) is 0 Å². The molecule has 0 bridgehead atoms. The van der Waals surface area contributed by atoms with Crippen molar-refractivity contribution in [3.63, 3.8) is 0 Å². The fourth-order valence-corrected chi connectivity index (χ4v) is 2.22. The van der Waals surface area contributed by atoms with Crippen molar-refractivity contribution in [2.75, 3.05) is 38.5 Å². The molecule has 1 fully saturated rings. The maximum absolute atomic E-state index is 11.4. The summed E-state index contributed by atoms with van der Waals surface area (Å²) in [5, 5.41) is 5.99. The van der Waals surface area contributed by atoms with Gasteiger partial charge in [-0.05, 0) is 13.0 Å². The molecule has 0 saturated carbocycles. The normalized spacial score (nSPS) is 14.6. The number of carbonyl (C=O) groups excluding carboxylic acids is 2. The standard InChI is InChI=1S/C10H19N3O2S.ClH/c1-2-3-11-4-5-12-9(14)8-13-6-7-16-10(13)15;/h11H,2-8H2,1H3,(H,12,14);1H. The monoisotopic (exact) mass is 281 g/mol. The zero-order valence-corrected chi connectivity index (χ0v) is 11.7. The van der Waals surface area contributed by atoms with Crippen LogP contribution in [0.25, 0.3) is 0 Å². The van der Waals surface area contributed by atoms with Crippen LogP contribution in [-0.2, 0) is 4.79 Å². The molecular weight excluding hydrogens is 262 g/mol. The summed E-state index contributed by atoms with van der Waals surface area (Å²) >= 11 is 1.28. The minimum atomic E-state index is -0.0749. The lowest BCUT2D eigenvalue weighted by atomic mass is 10.4.